The molecule has 0 bridgehead atoms. The Morgan fingerprint density at radius 2 is 1.62 bits per heavy atom. The minimum Gasteiger partial charge on any atom is -0.332 e. The number of hydrogen-bond donors (Lipinski definition) is 2. The first kappa shape index (κ1) is 21.9. The molecule has 0 aliphatic heterocycles. The molecular formula is C25H21ClN4OS. The van der Waals surface area contributed by atoms with Crippen molar-refractivity contribution in [3.8, 4) is 22.5 Å². The number of carbonyl (C=O) groups excluding carboxylic acids is 1. The summed E-state index contributed by atoms with van der Waals surface area (Å²) in [6.45, 7) is 0. The molecule has 0 radical (unpaired) electrons. The topological polar surface area (TPSA) is 70.1 Å². The highest BCUT2D eigenvalue weighted by molar-refractivity contribution is 7.99. The summed E-state index contributed by atoms with van der Waals surface area (Å²) in [6.07, 6.45) is 1.91. The number of aromatic nitrogens is 2. The number of halogens is 1. The van der Waals surface area contributed by atoms with Gasteiger partial charge in [0.15, 0.2) is 5.16 Å². The van der Waals surface area contributed by atoms with Crippen LogP contribution < -0.4 is 5.43 Å². The highest BCUT2D eigenvalue weighted by Crippen LogP contribution is 2.32. The van der Waals surface area contributed by atoms with Crippen molar-refractivity contribution >= 4 is 35.5 Å². The molecule has 1 amide bonds. The summed E-state index contributed by atoms with van der Waals surface area (Å²) in [4.78, 5) is 20.3. The molecule has 1 aromatic heterocycles. The molecular weight excluding hydrogens is 440 g/mol. The van der Waals surface area contributed by atoms with Crippen LogP contribution in [-0.4, -0.2) is 27.8 Å². The van der Waals surface area contributed by atoms with Gasteiger partial charge in [0.1, 0.15) is 0 Å². The van der Waals surface area contributed by atoms with E-state index in [0.29, 0.717) is 17.2 Å². The zero-order valence-corrected chi connectivity index (χ0v) is 18.7. The molecule has 0 aliphatic carbocycles. The molecule has 32 heavy (non-hydrogen) atoms. The summed E-state index contributed by atoms with van der Waals surface area (Å²) in [6, 6.07) is 27.4. The number of hydrazone groups is 1. The Balaban J connectivity index is 1.37. The number of aromatic amines is 1. The number of nitrogens with one attached hydrogen (secondary N) is 2. The van der Waals surface area contributed by atoms with Crippen LogP contribution in [0, 0.1) is 0 Å². The highest BCUT2D eigenvalue weighted by atomic mass is 35.5. The fourth-order valence-electron chi connectivity index (χ4n) is 3.06. The number of nitrogens with zero attached hydrogens (tertiary/aromatic N) is 2. The van der Waals surface area contributed by atoms with Gasteiger partial charge in [0.25, 0.3) is 0 Å². The van der Waals surface area contributed by atoms with Gasteiger partial charge in [-0.3, -0.25) is 4.79 Å². The molecule has 0 aliphatic rings. The number of carbonyl (C=O) groups is 1. The zero-order chi connectivity index (χ0) is 22.2. The van der Waals surface area contributed by atoms with E-state index in [9.17, 15) is 4.79 Å². The molecule has 2 N–H and O–H groups in total. The average Bonchev–Trinajstić information content (AvgIpc) is 3.26. The smallest absolute Gasteiger partial charge is 0.240 e. The second-order valence-electron chi connectivity index (χ2n) is 6.94. The number of rotatable bonds is 8. The van der Waals surface area contributed by atoms with E-state index in [0.717, 1.165) is 33.2 Å². The highest BCUT2D eigenvalue weighted by Gasteiger charge is 2.14. The second kappa shape index (κ2) is 10.8. The van der Waals surface area contributed by atoms with Crippen LogP contribution in [0.5, 0.6) is 0 Å². The van der Waals surface area contributed by atoms with Crippen molar-refractivity contribution < 1.29 is 4.79 Å². The molecule has 160 valence electrons. The van der Waals surface area contributed by atoms with Gasteiger partial charge in [0.05, 0.1) is 17.6 Å². The van der Waals surface area contributed by atoms with Gasteiger partial charge in [-0.15, -0.1) is 0 Å². The number of benzene rings is 3. The SMILES string of the molecule is O=C(CCSc1nc(-c2ccccc2)c(-c2ccccc2)[nH]1)NN=Cc1ccc(Cl)cc1. The van der Waals surface area contributed by atoms with Crippen molar-refractivity contribution in [1.29, 1.82) is 0 Å². The Morgan fingerprint density at radius 3 is 2.31 bits per heavy atom. The van der Waals surface area contributed by atoms with Gasteiger partial charge >= 0.3 is 0 Å². The molecule has 1 heterocycles. The first-order valence-corrected chi connectivity index (χ1v) is 11.5. The molecule has 3 aromatic carbocycles. The van der Waals surface area contributed by atoms with Crippen LogP contribution in [0.25, 0.3) is 22.5 Å². The largest absolute Gasteiger partial charge is 0.332 e. The molecule has 5 nitrogen and oxygen atoms in total. The Bertz CT molecular complexity index is 1130. The fraction of sp³-hybridized carbons (Fsp3) is 0.0800. The Labute approximate surface area is 195 Å². The third-order valence-corrected chi connectivity index (χ3v) is 5.76. The van der Waals surface area contributed by atoms with Crippen LogP contribution in [0.1, 0.15) is 12.0 Å². The van der Waals surface area contributed by atoms with Gasteiger partial charge in [0.2, 0.25) is 5.91 Å². The molecule has 0 atom stereocenters. The Hall–Kier alpha value is -3.35. The van der Waals surface area contributed by atoms with E-state index < -0.39 is 0 Å². The predicted molar refractivity (Wildman–Crippen MR) is 132 cm³/mol. The van der Waals surface area contributed by atoms with Gasteiger partial charge in [0, 0.05) is 28.3 Å². The summed E-state index contributed by atoms with van der Waals surface area (Å²) < 4.78 is 0. The monoisotopic (exact) mass is 460 g/mol. The summed E-state index contributed by atoms with van der Waals surface area (Å²) >= 11 is 7.37. The predicted octanol–water partition coefficient (Wildman–Crippen LogP) is 6.03. The Morgan fingerprint density at radius 1 is 0.969 bits per heavy atom. The molecule has 4 aromatic rings. The van der Waals surface area contributed by atoms with Crippen molar-refractivity contribution in [3.63, 3.8) is 0 Å². The van der Waals surface area contributed by atoms with Crippen molar-refractivity contribution in [2.45, 2.75) is 11.6 Å². The van der Waals surface area contributed by atoms with E-state index in [4.69, 9.17) is 16.6 Å². The lowest BCUT2D eigenvalue weighted by Crippen LogP contribution is -2.17. The van der Waals surface area contributed by atoms with Crippen molar-refractivity contribution in [3.05, 3.63) is 95.5 Å². The van der Waals surface area contributed by atoms with E-state index in [1.165, 1.54) is 11.8 Å². The van der Waals surface area contributed by atoms with Gasteiger partial charge in [-0.25, -0.2) is 10.4 Å². The fourth-order valence-corrected chi connectivity index (χ4v) is 4.00. The molecule has 0 saturated carbocycles. The van der Waals surface area contributed by atoms with Crippen LogP contribution in [0.4, 0.5) is 0 Å². The van der Waals surface area contributed by atoms with E-state index >= 15 is 0 Å². The van der Waals surface area contributed by atoms with Crippen LogP contribution in [0.3, 0.4) is 0 Å². The molecule has 4 rings (SSSR count). The molecule has 0 saturated heterocycles. The summed E-state index contributed by atoms with van der Waals surface area (Å²) in [7, 11) is 0. The Kier molecular flexibility index (Phi) is 7.38. The molecule has 0 spiro atoms. The van der Waals surface area contributed by atoms with Crippen molar-refractivity contribution in [2.24, 2.45) is 5.10 Å². The van der Waals surface area contributed by atoms with Crippen LogP contribution in [0.2, 0.25) is 5.02 Å². The molecule has 7 heteroatoms. The first-order chi connectivity index (χ1) is 15.7. The minimum absolute atomic E-state index is 0.152. The van der Waals surface area contributed by atoms with E-state index in [2.05, 4.69) is 27.6 Å². The van der Waals surface area contributed by atoms with Gasteiger partial charge in [-0.05, 0) is 17.7 Å². The summed E-state index contributed by atoms with van der Waals surface area (Å²) in [5.41, 5.74) is 7.40. The van der Waals surface area contributed by atoms with Crippen molar-refractivity contribution in [2.75, 3.05) is 5.75 Å². The first-order valence-electron chi connectivity index (χ1n) is 10.1. The third kappa shape index (κ3) is 5.87. The molecule has 0 fully saturated rings. The quantitative estimate of drug-likeness (QED) is 0.191. The zero-order valence-electron chi connectivity index (χ0n) is 17.2. The van der Waals surface area contributed by atoms with E-state index in [1.54, 1.807) is 18.3 Å². The van der Waals surface area contributed by atoms with E-state index in [1.807, 2.05) is 60.7 Å². The average molecular weight is 461 g/mol. The number of imidazole rings is 1. The lowest BCUT2D eigenvalue weighted by Gasteiger charge is -2.02. The second-order valence-corrected chi connectivity index (χ2v) is 8.46. The van der Waals surface area contributed by atoms with Crippen LogP contribution >= 0.6 is 23.4 Å². The number of amides is 1. The third-order valence-electron chi connectivity index (χ3n) is 4.63. The number of H-pyrrole nitrogens is 1. The summed E-state index contributed by atoms with van der Waals surface area (Å²) in [5.74, 6) is 0.430. The van der Waals surface area contributed by atoms with Crippen molar-refractivity contribution in [1.82, 2.24) is 15.4 Å². The lowest BCUT2D eigenvalue weighted by molar-refractivity contribution is -0.120. The maximum atomic E-state index is 12.1. The van der Waals surface area contributed by atoms with Gasteiger partial charge in [-0.2, -0.15) is 5.10 Å². The maximum Gasteiger partial charge on any atom is 0.240 e. The summed E-state index contributed by atoms with van der Waals surface area (Å²) in [5, 5.41) is 5.43. The maximum absolute atomic E-state index is 12.1. The number of thioether (sulfide) groups is 1. The standard InChI is InChI=1S/C25H21ClN4OS/c26-21-13-11-18(12-14-21)17-27-30-22(31)15-16-32-25-28-23(19-7-3-1-4-8-19)24(29-25)20-9-5-2-6-10-20/h1-14,17H,15-16H2,(H,28,29)(H,30,31). The molecule has 0 unspecified atom stereocenters. The lowest BCUT2D eigenvalue weighted by atomic mass is 10.1. The van der Waals surface area contributed by atoms with Gasteiger partial charge in [-0.1, -0.05) is 96.2 Å². The van der Waals surface area contributed by atoms with Crippen LogP contribution in [-0.2, 0) is 4.79 Å². The number of hydrogen-bond acceptors (Lipinski definition) is 4. The van der Waals surface area contributed by atoms with E-state index in [-0.39, 0.29) is 5.91 Å². The normalized spacial score (nSPS) is 11.0. The van der Waals surface area contributed by atoms with Gasteiger partial charge < -0.3 is 4.98 Å². The van der Waals surface area contributed by atoms with Crippen LogP contribution in [0.15, 0.2) is 95.2 Å². The minimum atomic E-state index is -0.152.